The van der Waals surface area contributed by atoms with Gasteiger partial charge >= 0.3 is 0 Å². The molecule has 0 amide bonds. The Bertz CT molecular complexity index is 470. The van der Waals surface area contributed by atoms with Gasteiger partial charge in [-0.2, -0.15) is 0 Å². The maximum atomic E-state index is 11.5. The van der Waals surface area contributed by atoms with Crippen molar-refractivity contribution >= 4 is 17.2 Å². The average molecular weight is 274 g/mol. The largest absolute Gasteiger partial charge is 0.398 e. The number of benzene rings is 1. The summed E-state index contributed by atoms with van der Waals surface area (Å²) in [5.74, 6) is 1.76. The lowest BCUT2D eigenvalue weighted by Gasteiger charge is -2.26. The van der Waals surface area contributed by atoms with E-state index in [1.807, 2.05) is 18.2 Å². The molecule has 0 saturated heterocycles. The molecule has 0 spiro atoms. The molecule has 0 heterocycles. The summed E-state index contributed by atoms with van der Waals surface area (Å²) in [7, 11) is 0. The molecule has 1 aliphatic rings. The number of hydrogen-bond donors (Lipinski definition) is 2. The molecule has 2 unspecified atom stereocenters. The van der Waals surface area contributed by atoms with E-state index in [0.717, 1.165) is 24.1 Å². The zero-order chi connectivity index (χ0) is 14.5. The van der Waals surface area contributed by atoms with Gasteiger partial charge in [0, 0.05) is 23.5 Å². The molecule has 0 radical (unpaired) electrons. The highest BCUT2D eigenvalue weighted by atomic mass is 16.1. The third kappa shape index (κ3) is 3.99. The molecule has 1 aromatic rings. The Morgan fingerprint density at radius 1 is 1.40 bits per heavy atom. The summed E-state index contributed by atoms with van der Waals surface area (Å²) < 4.78 is 0. The first-order valence-corrected chi connectivity index (χ1v) is 7.70. The highest BCUT2D eigenvalue weighted by Gasteiger charge is 2.18. The Hall–Kier alpha value is -1.51. The van der Waals surface area contributed by atoms with Crippen molar-refractivity contribution in [1.29, 1.82) is 0 Å². The number of carbonyl (C=O) groups excluding carboxylic acids is 1. The molecule has 3 nitrogen and oxygen atoms in total. The molecule has 1 fully saturated rings. The lowest BCUT2D eigenvalue weighted by atomic mass is 9.81. The van der Waals surface area contributed by atoms with Gasteiger partial charge in [-0.05, 0) is 49.8 Å². The molecule has 1 saturated carbocycles. The van der Waals surface area contributed by atoms with Gasteiger partial charge in [0.1, 0.15) is 0 Å². The zero-order valence-corrected chi connectivity index (χ0v) is 12.6. The summed E-state index contributed by atoms with van der Waals surface area (Å²) in [6.45, 7) is 4.89. The van der Waals surface area contributed by atoms with Gasteiger partial charge in [0.05, 0.1) is 0 Å². The molecular formula is C17H26N2O. The minimum Gasteiger partial charge on any atom is -0.398 e. The van der Waals surface area contributed by atoms with Crippen molar-refractivity contribution in [3.63, 3.8) is 0 Å². The van der Waals surface area contributed by atoms with Crippen LogP contribution in [0.1, 0.15) is 56.3 Å². The first kappa shape index (κ1) is 14.9. The smallest absolute Gasteiger partial charge is 0.161 e. The molecule has 1 aromatic carbocycles. The predicted octanol–water partition coefficient (Wildman–Crippen LogP) is 4.10. The summed E-state index contributed by atoms with van der Waals surface area (Å²) in [5, 5.41) is 3.42. The number of Topliss-reactive ketones (excluding diaryl/α,β-unsaturated/α-hetero) is 1. The monoisotopic (exact) mass is 274 g/mol. The quantitative estimate of drug-likeness (QED) is 0.628. The van der Waals surface area contributed by atoms with Crippen molar-refractivity contribution < 1.29 is 4.79 Å². The minimum atomic E-state index is 0.0206. The van der Waals surface area contributed by atoms with Crippen LogP contribution in [0.15, 0.2) is 18.2 Å². The average Bonchev–Trinajstić information content (AvgIpc) is 2.40. The summed E-state index contributed by atoms with van der Waals surface area (Å²) in [6.07, 6.45) is 6.71. The maximum Gasteiger partial charge on any atom is 0.161 e. The van der Waals surface area contributed by atoms with Gasteiger partial charge in [0.2, 0.25) is 0 Å². The van der Waals surface area contributed by atoms with E-state index in [2.05, 4.69) is 12.2 Å². The van der Waals surface area contributed by atoms with Crippen LogP contribution in [0.3, 0.4) is 0 Å². The number of anilines is 2. The second-order valence-corrected chi connectivity index (χ2v) is 6.21. The Balaban J connectivity index is 1.85. The lowest BCUT2D eigenvalue weighted by Crippen LogP contribution is -2.16. The third-order valence-electron chi connectivity index (χ3n) is 4.36. The highest BCUT2D eigenvalue weighted by molar-refractivity contribution is 5.99. The summed E-state index contributed by atoms with van der Waals surface area (Å²) in [6, 6.07) is 5.62. The number of nitrogen functional groups attached to an aromatic ring is 1. The molecule has 20 heavy (non-hydrogen) atoms. The van der Waals surface area contributed by atoms with Gasteiger partial charge < -0.3 is 11.1 Å². The van der Waals surface area contributed by atoms with E-state index >= 15 is 0 Å². The van der Waals surface area contributed by atoms with Crippen LogP contribution in [0.25, 0.3) is 0 Å². The van der Waals surface area contributed by atoms with Crippen molar-refractivity contribution in [3.8, 4) is 0 Å². The first-order valence-electron chi connectivity index (χ1n) is 7.70. The van der Waals surface area contributed by atoms with Gasteiger partial charge in [0.15, 0.2) is 5.78 Å². The molecule has 3 heteroatoms. The summed E-state index contributed by atoms with van der Waals surface area (Å²) in [5.41, 5.74) is 7.97. The van der Waals surface area contributed by atoms with Crippen molar-refractivity contribution in [2.75, 3.05) is 17.6 Å². The Kier molecular flexibility index (Phi) is 5.05. The molecule has 2 rings (SSSR count). The van der Waals surface area contributed by atoms with Crippen LogP contribution in [0, 0.1) is 11.8 Å². The van der Waals surface area contributed by atoms with Gasteiger partial charge in [0.25, 0.3) is 0 Å². The number of rotatable bonds is 5. The number of carbonyl (C=O) groups is 1. The zero-order valence-electron chi connectivity index (χ0n) is 12.6. The minimum absolute atomic E-state index is 0.0206. The SMILES string of the molecule is CC(=O)c1cc(NCCC2CCCC(C)C2)ccc1N. The van der Waals surface area contributed by atoms with Crippen LogP contribution in [0.4, 0.5) is 11.4 Å². The fourth-order valence-corrected chi connectivity index (χ4v) is 3.21. The molecule has 0 bridgehead atoms. The standard InChI is InChI=1S/C17H26N2O/c1-12-4-3-5-14(10-12)8-9-19-15-6-7-17(18)16(11-15)13(2)20/h6-7,11-12,14,19H,3-5,8-10,18H2,1-2H3. The fraction of sp³-hybridized carbons (Fsp3) is 0.588. The van der Waals surface area contributed by atoms with Crippen molar-refractivity contribution in [3.05, 3.63) is 23.8 Å². The normalized spacial score (nSPS) is 22.5. The molecule has 1 aliphatic carbocycles. The van der Waals surface area contributed by atoms with E-state index in [0.29, 0.717) is 11.3 Å². The molecule has 0 aliphatic heterocycles. The van der Waals surface area contributed by atoms with E-state index in [1.165, 1.54) is 32.1 Å². The van der Waals surface area contributed by atoms with E-state index in [1.54, 1.807) is 6.92 Å². The van der Waals surface area contributed by atoms with Gasteiger partial charge in [-0.1, -0.05) is 26.2 Å². The van der Waals surface area contributed by atoms with Crippen LogP contribution in [0.5, 0.6) is 0 Å². The van der Waals surface area contributed by atoms with Crippen LogP contribution >= 0.6 is 0 Å². The van der Waals surface area contributed by atoms with Crippen LogP contribution in [-0.4, -0.2) is 12.3 Å². The highest BCUT2D eigenvalue weighted by Crippen LogP contribution is 2.30. The number of hydrogen-bond acceptors (Lipinski definition) is 3. The van der Waals surface area contributed by atoms with Gasteiger partial charge in [-0.25, -0.2) is 0 Å². The fourth-order valence-electron chi connectivity index (χ4n) is 3.21. The maximum absolute atomic E-state index is 11.5. The molecule has 110 valence electrons. The first-order chi connectivity index (χ1) is 9.56. The number of nitrogens with one attached hydrogen (secondary N) is 1. The molecular weight excluding hydrogens is 248 g/mol. The van der Waals surface area contributed by atoms with Crippen molar-refractivity contribution in [2.24, 2.45) is 11.8 Å². The Labute approximate surface area is 121 Å². The van der Waals surface area contributed by atoms with Gasteiger partial charge in [-0.3, -0.25) is 4.79 Å². The predicted molar refractivity (Wildman–Crippen MR) is 85.1 cm³/mol. The van der Waals surface area contributed by atoms with Gasteiger partial charge in [-0.15, -0.1) is 0 Å². The van der Waals surface area contributed by atoms with Crippen molar-refractivity contribution in [2.45, 2.75) is 46.0 Å². The Morgan fingerprint density at radius 2 is 2.20 bits per heavy atom. The third-order valence-corrected chi connectivity index (χ3v) is 4.36. The van der Waals surface area contributed by atoms with E-state index in [9.17, 15) is 4.79 Å². The molecule has 3 N–H and O–H groups in total. The van der Waals surface area contributed by atoms with E-state index in [-0.39, 0.29) is 5.78 Å². The van der Waals surface area contributed by atoms with Crippen LogP contribution in [-0.2, 0) is 0 Å². The van der Waals surface area contributed by atoms with Crippen LogP contribution < -0.4 is 11.1 Å². The van der Waals surface area contributed by atoms with E-state index in [4.69, 9.17) is 5.73 Å². The second kappa shape index (κ2) is 6.78. The molecule has 0 aromatic heterocycles. The van der Waals surface area contributed by atoms with Crippen LogP contribution in [0.2, 0.25) is 0 Å². The second-order valence-electron chi connectivity index (χ2n) is 6.21. The summed E-state index contributed by atoms with van der Waals surface area (Å²) >= 11 is 0. The topological polar surface area (TPSA) is 55.1 Å². The molecule has 2 atom stereocenters. The lowest BCUT2D eigenvalue weighted by molar-refractivity contribution is 0.101. The summed E-state index contributed by atoms with van der Waals surface area (Å²) in [4.78, 5) is 11.5. The Morgan fingerprint density at radius 3 is 2.90 bits per heavy atom. The number of nitrogens with two attached hydrogens (primary N) is 1. The number of ketones is 1. The van der Waals surface area contributed by atoms with E-state index < -0.39 is 0 Å². The van der Waals surface area contributed by atoms with Crippen molar-refractivity contribution in [1.82, 2.24) is 0 Å².